The molecule has 6 heteroatoms. The largest absolute Gasteiger partial charge is 0.327 e. The van der Waals surface area contributed by atoms with E-state index in [2.05, 4.69) is 15.2 Å². The minimum absolute atomic E-state index is 0.676. The number of fused-ring (bicyclic) bond motifs is 1. The van der Waals surface area contributed by atoms with Gasteiger partial charge in [-0.05, 0) is 30.6 Å². The van der Waals surface area contributed by atoms with Gasteiger partial charge in [-0.25, -0.2) is 0 Å². The molecule has 0 aliphatic rings. The van der Waals surface area contributed by atoms with Crippen LogP contribution in [0.25, 0.3) is 16.9 Å². The second-order valence-corrected chi connectivity index (χ2v) is 4.74. The molecule has 0 aliphatic carbocycles. The normalized spacial score (nSPS) is 11.1. The topological polar surface area (TPSA) is 49.4 Å². The second-order valence-electron chi connectivity index (χ2n) is 3.56. The Morgan fingerprint density at radius 2 is 2.06 bits per heavy atom. The molecular formula is C11H10N4S2. The van der Waals surface area contributed by atoms with Gasteiger partial charge in [0.25, 0.3) is 0 Å². The van der Waals surface area contributed by atoms with Crippen LogP contribution >= 0.6 is 24.0 Å². The van der Waals surface area contributed by atoms with Gasteiger partial charge < -0.3 is 4.98 Å². The summed E-state index contributed by atoms with van der Waals surface area (Å²) in [7, 11) is 0. The van der Waals surface area contributed by atoms with Crippen molar-refractivity contribution < 1.29 is 0 Å². The minimum atomic E-state index is 0.676. The number of benzene rings is 1. The molecule has 2 aromatic heterocycles. The Morgan fingerprint density at radius 3 is 2.76 bits per heavy atom. The molecule has 4 nitrogen and oxygen atoms in total. The van der Waals surface area contributed by atoms with E-state index in [1.807, 2.05) is 41.2 Å². The zero-order valence-electron chi connectivity index (χ0n) is 9.10. The molecule has 3 rings (SSSR count). The van der Waals surface area contributed by atoms with Crippen molar-refractivity contribution in [2.75, 3.05) is 6.26 Å². The Labute approximate surface area is 107 Å². The van der Waals surface area contributed by atoms with Gasteiger partial charge in [0.2, 0.25) is 0 Å². The van der Waals surface area contributed by atoms with Crippen molar-refractivity contribution in [3.63, 3.8) is 0 Å². The third-order valence-electron chi connectivity index (χ3n) is 2.58. The summed E-state index contributed by atoms with van der Waals surface area (Å²) in [6, 6.07) is 9.99. The first kappa shape index (κ1) is 10.6. The van der Waals surface area contributed by atoms with Crippen LogP contribution in [0.15, 0.2) is 35.4 Å². The van der Waals surface area contributed by atoms with Crippen LogP contribution in [-0.2, 0) is 0 Å². The highest BCUT2D eigenvalue weighted by Gasteiger charge is 2.12. The quantitative estimate of drug-likeness (QED) is 0.551. The van der Waals surface area contributed by atoms with Crippen molar-refractivity contribution in [3.8, 4) is 5.69 Å². The molecule has 0 aliphatic heterocycles. The number of H-pyrrole nitrogens is 2. The molecule has 0 atom stereocenters. The van der Waals surface area contributed by atoms with Crippen molar-refractivity contribution >= 4 is 35.1 Å². The van der Waals surface area contributed by atoms with E-state index in [9.17, 15) is 0 Å². The zero-order chi connectivity index (χ0) is 11.8. The van der Waals surface area contributed by atoms with Gasteiger partial charge in [0.15, 0.2) is 10.4 Å². The molecule has 0 amide bonds. The molecule has 0 saturated carbocycles. The van der Waals surface area contributed by atoms with E-state index in [0.717, 1.165) is 21.9 Å². The SMILES string of the molecule is CSc1n[nH]c2c1[nH]c(=S)n2-c1ccccc1. The molecule has 1 aromatic carbocycles. The number of aromatic amines is 2. The minimum Gasteiger partial charge on any atom is -0.327 e. The molecule has 0 saturated heterocycles. The van der Waals surface area contributed by atoms with Crippen molar-refractivity contribution in [3.05, 3.63) is 35.1 Å². The van der Waals surface area contributed by atoms with Gasteiger partial charge in [0, 0.05) is 5.69 Å². The van der Waals surface area contributed by atoms with Gasteiger partial charge in [-0.1, -0.05) is 18.2 Å². The predicted octanol–water partition coefficient (Wildman–Crippen LogP) is 3.13. The second kappa shape index (κ2) is 4.05. The molecule has 2 heterocycles. The molecule has 0 radical (unpaired) electrons. The lowest BCUT2D eigenvalue weighted by Crippen LogP contribution is -1.93. The van der Waals surface area contributed by atoms with Crippen LogP contribution in [0.3, 0.4) is 0 Å². The molecule has 3 aromatic rings. The summed E-state index contributed by atoms with van der Waals surface area (Å²) in [5, 5.41) is 8.19. The number of imidazole rings is 1. The van der Waals surface area contributed by atoms with Crippen LogP contribution in [0.4, 0.5) is 0 Å². The lowest BCUT2D eigenvalue weighted by molar-refractivity contribution is 0.958. The number of hydrogen-bond acceptors (Lipinski definition) is 3. The molecule has 0 spiro atoms. The van der Waals surface area contributed by atoms with Crippen LogP contribution in [0.2, 0.25) is 0 Å². The Balaban J connectivity index is 2.34. The van der Waals surface area contributed by atoms with E-state index in [-0.39, 0.29) is 0 Å². The standard InChI is InChI=1S/C11H10N4S2/c1-17-10-8-9(13-14-10)15(11(16)12-8)7-5-3-2-4-6-7/h2-6H,1H3,(H,12,16)(H,13,14). The molecule has 86 valence electrons. The van der Waals surface area contributed by atoms with Crippen molar-refractivity contribution in [1.29, 1.82) is 0 Å². The molecule has 0 bridgehead atoms. The summed E-state index contributed by atoms with van der Waals surface area (Å²) in [6.07, 6.45) is 1.99. The average Bonchev–Trinajstić information content (AvgIpc) is 2.87. The van der Waals surface area contributed by atoms with E-state index < -0.39 is 0 Å². The monoisotopic (exact) mass is 262 g/mol. The highest BCUT2D eigenvalue weighted by atomic mass is 32.2. The number of para-hydroxylation sites is 1. The maximum absolute atomic E-state index is 5.35. The van der Waals surface area contributed by atoms with Crippen molar-refractivity contribution in [1.82, 2.24) is 19.7 Å². The molecular weight excluding hydrogens is 252 g/mol. The number of nitrogens with zero attached hydrogens (tertiary/aromatic N) is 2. The van der Waals surface area contributed by atoms with E-state index in [4.69, 9.17) is 12.2 Å². The maximum Gasteiger partial charge on any atom is 0.184 e. The van der Waals surface area contributed by atoms with Crippen LogP contribution in [0, 0.1) is 4.77 Å². The highest BCUT2D eigenvalue weighted by Crippen LogP contribution is 2.24. The zero-order valence-corrected chi connectivity index (χ0v) is 10.7. The van der Waals surface area contributed by atoms with Crippen LogP contribution in [0.1, 0.15) is 0 Å². The first-order valence-corrected chi connectivity index (χ1v) is 6.73. The van der Waals surface area contributed by atoms with Crippen molar-refractivity contribution in [2.45, 2.75) is 5.03 Å². The number of thioether (sulfide) groups is 1. The van der Waals surface area contributed by atoms with Gasteiger partial charge in [-0.2, -0.15) is 5.10 Å². The average molecular weight is 262 g/mol. The maximum atomic E-state index is 5.35. The van der Waals surface area contributed by atoms with E-state index in [1.54, 1.807) is 11.8 Å². The Bertz CT molecular complexity index is 708. The van der Waals surface area contributed by atoms with Gasteiger partial charge >= 0.3 is 0 Å². The highest BCUT2D eigenvalue weighted by molar-refractivity contribution is 7.98. The summed E-state index contributed by atoms with van der Waals surface area (Å²) in [5.74, 6) is 0. The van der Waals surface area contributed by atoms with Crippen LogP contribution in [-0.4, -0.2) is 26.0 Å². The summed E-state index contributed by atoms with van der Waals surface area (Å²) in [4.78, 5) is 3.19. The Hall–Kier alpha value is -1.53. The summed E-state index contributed by atoms with van der Waals surface area (Å²) in [5.41, 5.74) is 2.90. The Kier molecular flexibility index (Phi) is 2.53. The smallest absolute Gasteiger partial charge is 0.184 e. The molecule has 0 unspecified atom stereocenters. The van der Waals surface area contributed by atoms with Crippen molar-refractivity contribution in [2.24, 2.45) is 0 Å². The predicted molar refractivity (Wildman–Crippen MR) is 72.4 cm³/mol. The van der Waals surface area contributed by atoms with E-state index >= 15 is 0 Å². The number of aromatic nitrogens is 4. The van der Waals surface area contributed by atoms with Crippen LogP contribution in [0.5, 0.6) is 0 Å². The fourth-order valence-electron chi connectivity index (χ4n) is 1.83. The Morgan fingerprint density at radius 1 is 1.29 bits per heavy atom. The summed E-state index contributed by atoms with van der Waals surface area (Å²) in [6.45, 7) is 0. The van der Waals surface area contributed by atoms with E-state index in [0.29, 0.717) is 4.77 Å². The number of rotatable bonds is 2. The third-order valence-corrected chi connectivity index (χ3v) is 3.55. The molecule has 2 N–H and O–H groups in total. The summed E-state index contributed by atoms with van der Waals surface area (Å²) >= 11 is 6.94. The fraction of sp³-hybridized carbons (Fsp3) is 0.0909. The van der Waals surface area contributed by atoms with Gasteiger partial charge in [-0.15, -0.1) is 11.8 Å². The van der Waals surface area contributed by atoms with E-state index in [1.165, 1.54) is 0 Å². The molecule has 0 fully saturated rings. The lowest BCUT2D eigenvalue weighted by atomic mass is 10.3. The van der Waals surface area contributed by atoms with Gasteiger partial charge in [-0.3, -0.25) is 9.67 Å². The number of nitrogens with one attached hydrogen (secondary N) is 2. The fourth-order valence-corrected chi connectivity index (χ4v) is 2.61. The van der Waals surface area contributed by atoms with Gasteiger partial charge in [0.1, 0.15) is 10.5 Å². The number of hydrogen-bond donors (Lipinski definition) is 2. The first-order chi connectivity index (χ1) is 8.31. The van der Waals surface area contributed by atoms with Gasteiger partial charge in [0.05, 0.1) is 0 Å². The first-order valence-electron chi connectivity index (χ1n) is 5.10. The third kappa shape index (κ3) is 1.60. The summed E-state index contributed by atoms with van der Waals surface area (Å²) < 4.78 is 2.63. The van der Waals surface area contributed by atoms with Crippen LogP contribution < -0.4 is 0 Å². The molecule has 17 heavy (non-hydrogen) atoms. The lowest BCUT2D eigenvalue weighted by Gasteiger charge is -2.01.